The summed E-state index contributed by atoms with van der Waals surface area (Å²) in [6.45, 7) is 10.7. The number of aryl methyl sites for hydroxylation is 2. The van der Waals surface area contributed by atoms with Crippen LogP contribution in [0.1, 0.15) is 36.1 Å². The van der Waals surface area contributed by atoms with Gasteiger partial charge < -0.3 is 0 Å². The molecule has 0 aliphatic heterocycles. The predicted octanol–water partition coefficient (Wildman–Crippen LogP) is 15.3. The Labute approximate surface area is 381 Å². The van der Waals surface area contributed by atoms with E-state index in [0.717, 1.165) is 44.4 Å². The van der Waals surface area contributed by atoms with Crippen LogP contribution in [0.3, 0.4) is 0 Å². The average Bonchev–Trinajstić information content (AvgIpc) is 3.90. The first-order valence-electron chi connectivity index (χ1n) is 20.8. The normalized spacial score (nSPS) is 11.1. The Morgan fingerprint density at radius 1 is 0.483 bits per heavy atom. The second kappa shape index (κ2) is 22.8. The summed E-state index contributed by atoms with van der Waals surface area (Å²) in [4.78, 5) is 0. The summed E-state index contributed by atoms with van der Waals surface area (Å²) >= 11 is -0.826. The van der Waals surface area contributed by atoms with E-state index < -0.39 is 20.8 Å². The van der Waals surface area contributed by atoms with E-state index in [1.54, 1.807) is 0 Å². The van der Waals surface area contributed by atoms with Crippen LogP contribution in [0.15, 0.2) is 170 Å². The molecule has 0 atom stereocenters. The van der Waals surface area contributed by atoms with Gasteiger partial charge in [0.1, 0.15) is 24.5 Å². The van der Waals surface area contributed by atoms with Crippen molar-refractivity contribution in [1.82, 2.24) is 8.97 Å². The van der Waals surface area contributed by atoms with Crippen LogP contribution in [0, 0.1) is 0 Å². The van der Waals surface area contributed by atoms with Crippen LogP contribution in [0.5, 0.6) is 0 Å². The summed E-state index contributed by atoms with van der Waals surface area (Å²) < 4.78 is 1.68. The first-order valence-corrected chi connectivity index (χ1v) is 29.2. The van der Waals surface area contributed by atoms with E-state index in [1.165, 1.54) is 77.4 Å². The quantitative estimate of drug-likeness (QED) is 0.0728. The van der Waals surface area contributed by atoms with Crippen LogP contribution in [-0.4, -0.2) is 37.7 Å². The molecule has 2 nitrogen and oxygen atoms in total. The van der Waals surface area contributed by atoms with Crippen LogP contribution in [0.4, 0.5) is 11.4 Å². The van der Waals surface area contributed by atoms with Gasteiger partial charge in [-0.3, -0.25) is 8.97 Å². The van der Waals surface area contributed by atoms with E-state index in [9.17, 15) is 0 Å². The van der Waals surface area contributed by atoms with Crippen molar-refractivity contribution in [1.29, 1.82) is 0 Å². The van der Waals surface area contributed by atoms with Crippen LogP contribution < -0.4 is 8.97 Å². The molecule has 0 saturated carbocycles. The van der Waals surface area contributed by atoms with Crippen molar-refractivity contribution >= 4 is 59.5 Å². The molecule has 0 amide bonds. The van der Waals surface area contributed by atoms with Gasteiger partial charge >= 0.3 is 37.9 Å². The predicted molar refractivity (Wildman–Crippen MR) is 265 cm³/mol. The third-order valence-corrected chi connectivity index (χ3v) is 11.0. The molecule has 0 N–H and O–H groups in total. The summed E-state index contributed by atoms with van der Waals surface area (Å²) in [6.07, 6.45) is 2.16. The minimum absolute atomic E-state index is 0.826. The third-order valence-electron chi connectivity index (χ3n) is 11.0. The topological polar surface area (TPSA) is 0 Å². The molecule has 8 aromatic carbocycles. The molecule has 6 heteroatoms. The zero-order valence-corrected chi connectivity index (χ0v) is 41.6. The molecule has 8 aromatic rings. The van der Waals surface area contributed by atoms with Gasteiger partial charge in [-0.2, -0.15) is 12.1 Å². The summed E-state index contributed by atoms with van der Waals surface area (Å²) in [5.74, 6) is 0. The van der Waals surface area contributed by atoms with Crippen LogP contribution in [0.2, 0.25) is 13.1 Å². The molecule has 306 valence electrons. The van der Waals surface area contributed by atoms with E-state index in [0.29, 0.717) is 0 Å². The number of fused-ring (bicyclic) bond motifs is 2. The number of quaternary nitrogens is 2. The Morgan fingerprint density at radius 2 is 0.817 bits per heavy atom. The van der Waals surface area contributed by atoms with Crippen molar-refractivity contribution in [3.63, 3.8) is 0 Å². The number of rotatable bonds is 10. The fourth-order valence-corrected chi connectivity index (χ4v) is 7.86. The number of halogens is 2. The number of hydrogen-bond acceptors (Lipinski definition) is 0. The van der Waals surface area contributed by atoms with Crippen molar-refractivity contribution in [3.8, 4) is 22.3 Å². The summed E-state index contributed by atoms with van der Waals surface area (Å²) in [6, 6.07) is 62.2. The SMILES string of the molecule is CCc1cc2c(-c3ccc([N+](C)(C)Cc4ccccc4)cc3)cccc2[cH-]1.CCc1cc2c(-c3ccc([N+](C)(C)Cc4ccccc4)cc3)cccc2[cH-]1.C[Si]C.[Cl][Zr+2][Cl]. The van der Waals surface area contributed by atoms with Crippen molar-refractivity contribution in [2.45, 2.75) is 52.9 Å². The Kier molecular flexibility index (Phi) is 18.0. The van der Waals surface area contributed by atoms with Gasteiger partial charge in [-0.05, 0) is 72.5 Å². The van der Waals surface area contributed by atoms with E-state index in [2.05, 4.69) is 225 Å². The van der Waals surface area contributed by atoms with Crippen LogP contribution in [-0.2, 0) is 46.8 Å². The van der Waals surface area contributed by atoms with Gasteiger partial charge in [-0.25, -0.2) is 0 Å². The zero-order valence-electron chi connectivity index (χ0n) is 36.6. The van der Waals surface area contributed by atoms with E-state index >= 15 is 0 Å². The van der Waals surface area contributed by atoms with Crippen molar-refractivity contribution < 1.29 is 20.8 Å². The molecule has 0 aliphatic carbocycles. The summed E-state index contributed by atoms with van der Waals surface area (Å²) in [5, 5.41) is 5.41. The zero-order chi connectivity index (χ0) is 43.1. The molecule has 0 spiro atoms. The monoisotopic (exact) mass is 924 g/mol. The fourth-order valence-electron chi connectivity index (χ4n) is 7.86. The van der Waals surface area contributed by atoms with Crippen molar-refractivity contribution in [3.05, 3.63) is 192 Å². The number of benzene rings is 6. The first kappa shape index (κ1) is 47.2. The molecule has 60 heavy (non-hydrogen) atoms. The molecule has 0 unspecified atom stereocenters. The van der Waals surface area contributed by atoms with Gasteiger partial charge in [0, 0.05) is 20.6 Å². The molecule has 0 aromatic heterocycles. The maximum absolute atomic E-state index is 4.93. The molecule has 0 saturated heterocycles. The molecule has 0 aliphatic rings. The Morgan fingerprint density at radius 3 is 1.13 bits per heavy atom. The number of nitrogens with zero attached hydrogens (tertiary/aromatic N) is 2. The van der Waals surface area contributed by atoms with Gasteiger partial charge in [0.25, 0.3) is 0 Å². The molecule has 0 bridgehead atoms. The molecular formula is C54H60Cl2N2SiZr+2. The van der Waals surface area contributed by atoms with Gasteiger partial charge in [0.05, 0.1) is 28.2 Å². The molecule has 8 rings (SSSR count). The van der Waals surface area contributed by atoms with Crippen LogP contribution >= 0.6 is 17.0 Å². The van der Waals surface area contributed by atoms with Gasteiger partial charge in [0.2, 0.25) is 0 Å². The second-order valence-corrected chi connectivity index (χ2v) is 21.1. The standard InChI is InChI=1S/2C26H27N.C2H6Si.2ClH.Zr/c2*1-4-20-17-23-11-8-12-25(26(23)18-20)22-13-15-24(16-14-22)27(2,3)19-21-9-6-5-7-10-21;1-3-2;;;/h2*5-18H,4,19H2,1-3H3;1-2H3;2*1H;/q;;;;;+4/p-2. The third kappa shape index (κ3) is 12.6. The van der Waals surface area contributed by atoms with E-state index in [4.69, 9.17) is 17.0 Å². The first-order chi connectivity index (χ1) is 29.0. The fraction of sp³-hybridized carbons (Fsp3) is 0.222. The second-order valence-electron chi connectivity index (χ2n) is 16.4. The Hall–Kier alpha value is -3.86. The average molecular weight is 927 g/mol. The van der Waals surface area contributed by atoms with Gasteiger partial charge in [-0.15, -0.1) is 69.1 Å². The van der Waals surface area contributed by atoms with Crippen LogP contribution in [0.25, 0.3) is 43.8 Å². The molecule has 2 radical (unpaired) electrons. The molecule has 0 fully saturated rings. The van der Waals surface area contributed by atoms with E-state index in [1.807, 2.05) is 0 Å². The number of hydrogen-bond donors (Lipinski definition) is 0. The summed E-state index contributed by atoms with van der Waals surface area (Å²) in [7, 11) is 20.0. The maximum atomic E-state index is 4.93. The molecule has 0 heterocycles. The van der Waals surface area contributed by atoms with Gasteiger partial charge in [-0.1, -0.05) is 111 Å². The van der Waals surface area contributed by atoms with Gasteiger partial charge in [0.15, 0.2) is 0 Å². The Balaban J connectivity index is 0.000000201. The summed E-state index contributed by atoms with van der Waals surface area (Å²) in [5.41, 5.74) is 13.4. The van der Waals surface area contributed by atoms with E-state index in [-0.39, 0.29) is 0 Å². The minimum atomic E-state index is -0.826. The Bertz CT molecular complexity index is 2310. The molecular weight excluding hydrogens is 867 g/mol. The van der Waals surface area contributed by atoms with Crippen molar-refractivity contribution in [2.75, 3.05) is 28.2 Å². The van der Waals surface area contributed by atoms with Crippen molar-refractivity contribution in [2.24, 2.45) is 0 Å².